The van der Waals surface area contributed by atoms with Gasteiger partial charge < -0.3 is 10.2 Å². The van der Waals surface area contributed by atoms with Gasteiger partial charge >= 0.3 is 0 Å². The maximum atomic E-state index is 12.7. The van der Waals surface area contributed by atoms with Crippen LogP contribution in [-0.2, 0) is 4.79 Å². The van der Waals surface area contributed by atoms with Crippen LogP contribution in [0.25, 0.3) is 10.9 Å². The summed E-state index contributed by atoms with van der Waals surface area (Å²) in [5.41, 5.74) is 1.36. The summed E-state index contributed by atoms with van der Waals surface area (Å²) < 4.78 is 0. The van der Waals surface area contributed by atoms with E-state index in [1.165, 1.54) is 4.90 Å². The summed E-state index contributed by atoms with van der Waals surface area (Å²) in [6, 6.07) is 14.0. The molecule has 0 saturated heterocycles. The van der Waals surface area contributed by atoms with Crippen molar-refractivity contribution in [1.29, 1.82) is 0 Å². The molecule has 2 aromatic carbocycles. The lowest BCUT2D eigenvalue weighted by Crippen LogP contribution is -2.35. The molecular formula is C19H15Cl2N3O2. The van der Waals surface area contributed by atoms with Gasteiger partial charge in [-0.3, -0.25) is 14.6 Å². The third-order valence-corrected chi connectivity index (χ3v) is 4.45. The van der Waals surface area contributed by atoms with E-state index >= 15 is 0 Å². The summed E-state index contributed by atoms with van der Waals surface area (Å²) in [6.07, 6.45) is 1.63. The van der Waals surface area contributed by atoms with Gasteiger partial charge in [0.15, 0.2) is 0 Å². The average molecular weight is 388 g/mol. The number of nitrogens with zero attached hydrogens (tertiary/aromatic N) is 2. The molecule has 26 heavy (non-hydrogen) atoms. The number of nitrogens with one attached hydrogen (secondary N) is 1. The molecule has 0 atom stereocenters. The van der Waals surface area contributed by atoms with Gasteiger partial charge in [-0.25, -0.2) is 0 Å². The first-order valence-electron chi connectivity index (χ1n) is 7.80. The second-order valence-electron chi connectivity index (χ2n) is 5.69. The molecule has 0 aliphatic rings. The van der Waals surface area contributed by atoms with E-state index in [-0.39, 0.29) is 12.5 Å². The summed E-state index contributed by atoms with van der Waals surface area (Å²) in [4.78, 5) is 30.6. The van der Waals surface area contributed by atoms with Crippen LogP contribution in [0.5, 0.6) is 0 Å². The summed E-state index contributed by atoms with van der Waals surface area (Å²) in [5, 5.41) is 4.16. The van der Waals surface area contributed by atoms with Crippen LogP contribution in [-0.4, -0.2) is 35.3 Å². The smallest absolute Gasteiger partial charge is 0.256 e. The molecule has 0 spiro atoms. The Kier molecular flexibility index (Phi) is 5.40. The molecule has 3 rings (SSSR count). The average Bonchev–Trinajstić information content (AvgIpc) is 2.63. The number of halogens is 2. The molecule has 0 aliphatic carbocycles. The van der Waals surface area contributed by atoms with Gasteiger partial charge in [-0.2, -0.15) is 0 Å². The number of hydrogen-bond donors (Lipinski definition) is 1. The first-order chi connectivity index (χ1) is 12.5. The van der Waals surface area contributed by atoms with Crippen LogP contribution < -0.4 is 5.32 Å². The molecule has 1 aromatic heterocycles. The van der Waals surface area contributed by atoms with Gasteiger partial charge in [-0.05, 0) is 24.3 Å². The van der Waals surface area contributed by atoms with E-state index in [4.69, 9.17) is 23.2 Å². The minimum atomic E-state index is -0.399. The number of hydrogen-bond acceptors (Lipinski definition) is 3. The van der Waals surface area contributed by atoms with Gasteiger partial charge in [0.2, 0.25) is 5.91 Å². The number of aromatic nitrogens is 1. The Bertz CT molecular complexity index is 966. The van der Waals surface area contributed by atoms with Crippen LogP contribution >= 0.6 is 23.2 Å². The van der Waals surface area contributed by atoms with E-state index in [1.807, 2.05) is 12.1 Å². The fraction of sp³-hybridized carbons (Fsp3) is 0.105. The number of rotatable bonds is 4. The molecule has 132 valence electrons. The van der Waals surface area contributed by atoms with Crippen LogP contribution in [0.1, 0.15) is 10.4 Å². The summed E-state index contributed by atoms with van der Waals surface area (Å²) in [5.74, 6) is -0.696. The minimum Gasteiger partial charge on any atom is -0.332 e. The number of fused-ring (bicyclic) bond motifs is 1. The number of likely N-dealkylation sites (N-methyl/N-ethyl adjacent to an activating group) is 1. The zero-order valence-corrected chi connectivity index (χ0v) is 15.4. The van der Waals surface area contributed by atoms with Gasteiger partial charge in [-0.15, -0.1) is 0 Å². The Morgan fingerprint density at radius 1 is 1.04 bits per heavy atom. The van der Waals surface area contributed by atoms with Crippen LogP contribution in [0, 0.1) is 0 Å². The number of anilines is 1. The molecule has 0 fully saturated rings. The lowest BCUT2D eigenvalue weighted by atomic mass is 10.1. The maximum absolute atomic E-state index is 12.7. The zero-order chi connectivity index (χ0) is 18.7. The van der Waals surface area contributed by atoms with E-state index < -0.39 is 5.91 Å². The topological polar surface area (TPSA) is 62.3 Å². The molecule has 3 aromatic rings. The lowest BCUT2D eigenvalue weighted by Gasteiger charge is -2.18. The molecule has 1 heterocycles. The van der Waals surface area contributed by atoms with Crippen molar-refractivity contribution in [3.05, 3.63) is 70.3 Å². The van der Waals surface area contributed by atoms with Crippen molar-refractivity contribution in [3.8, 4) is 0 Å². The molecule has 1 N–H and O–H groups in total. The summed E-state index contributed by atoms with van der Waals surface area (Å²) in [6.45, 7) is -0.149. The van der Waals surface area contributed by atoms with Crippen molar-refractivity contribution < 1.29 is 9.59 Å². The molecule has 0 radical (unpaired) electrons. The Balaban J connectivity index is 1.76. The van der Waals surface area contributed by atoms with Gasteiger partial charge in [0, 0.05) is 18.6 Å². The Morgan fingerprint density at radius 3 is 2.42 bits per heavy atom. The highest BCUT2D eigenvalue weighted by molar-refractivity contribution is 6.39. The van der Waals surface area contributed by atoms with Crippen molar-refractivity contribution in [1.82, 2.24) is 9.88 Å². The van der Waals surface area contributed by atoms with Gasteiger partial charge in [0.25, 0.3) is 5.91 Å². The quantitative estimate of drug-likeness (QED) is 0.727. The Labute approximate surface area is 160 Å². The van der Waals surface area contributed by atoms with E-state index in [0.29, 0.717) is 26.8 Å². The third kappa shape index (κ3) is 3.79. The molecule has 0 aliphatic heterocycles. The molecule has 2 amide bonds. The molecule has 7 heteroatoms. The normalized spacial score (nSPS) is 10.6. The van der Waals surface area contributed by atoms with Gasteiger partial charge in [0.05, 0.1) is 33.4 Å². The highest BCUT2D eigenvalue weighted by Crippen LogP contribution is 2.29. The first-order valence-corrected chi connectivity index (χ1v) is 8.56. The lowest BCUT2D eigenvalue weighted by molar-refractivity contribution is -0.116. The standard InChI is InChI=1S/C19H15Cl2N3O2/c1-24(11-16(25)23-18-14(20)8-3-9-15(18)21)19(26)13-7-2-5-12-6-4-10-22-17(12)13/h2-10H,11H2,1H3,(H,23,25). The summed E-state index contributed by atoms with van der Waals surface area (Å²) >= 11 is 12.1. The maximum Gasteiger partial charge on any atom is 0.256 e. The second kappa shape index (κ2) is 7.72. The fourth-order valence-electron chi connectivity index (χ4n) is 2.57. The van der Waals surface area contributed by atoms with Crippen LogP contribution in [0.3, 0.4) is 0 Å². The highest BCUT2D eigenvalue weighted by atomic mass is 35.5. The van der Waals surface area contributed by atoms with Crippen molar-refractivity contribution in [2.24, 2.45) is 0 Å². The highest BCUT2D eigenvalue weighted by Gasteiger charge is 2.19. The van der Waals surface area contributed by atoms with Gasteiger partial charge in [-0.1, -0.05) is 47.5 Å². The van der Waals surface area contributed by atoms with E-state index in [2.05, 4.69) is 10.3 Å². The number of carbonyl (C=O) groups excluding carboxylic acids is 2. The van der Waals surface area contributed by atoms with Crippen molar-refractivity contribution in [3.63, 3.8) is 0 Å². The Morgan fingerprint density at radius 2 is 1.69 bits per heavy atom. The Hall–Kier alpha value is -2.63. The number of pyridine rings is 1. The zero-order valence-electron chi connectivity index (χ0n) is 13.9. The monoisotopic (exact) mass is 387 g/mol. The third-order valence-electron chi connectivity index (χ3n) is 3.82. The predicted octanol–water partition coefficient (Wildman–Crippen LogP) is 4.25. The second-order valence-corrected chi connectivity index (χ2v) is 6.50. The first kappa shape index (κ1) is 18.2. The SMILES string of the molecule is CN(CC(=O)Nc1c(Cl)cccc1Cl)C(=O)c1cccc2cccnc12. The fourth-order valence-corrected chi connectivity index (χ4v) is 3.06. The summed E-state index contributed by atoms with van der Waals surface area (Å²) in [7, 11) is 1.55. The van der Waals surface area contributed by atoms with E-state index in [0.717, 1.165) is 5.39 Å². The van der Waals surface area contributed by atoms with E-state index in [1.54, 1.807) is 49.6 Å². The van der Waals surface area contributed by atoms with Crippen molar-refractivity contribution >= 4 is 51.6 Å². The number of carbonyl (C=O) groups is 2. The van der Waals surface area contributed by atoms with Gasteiger partial charge in [0.1, 0.15) is 0 Å². The number of benzene rings is 2. The molecule has 0 unspecified atom stereocenters. The van der Waals surface area contributed by atoms with Crippen molar-refractivity contribution in [2.75, 3.05) is 18.9 Å². The molecule has 5 nitrogen and oxygen atoms in total. The number of amides is 2. The van der Waals surface area contributed by atoms with E-state index in [9.17, 15) is 9.59 Å². The molecular weight excluding hydrogens is 373 g/mol. The number of para-hydroxylation sites is 2. The minimum absolute atomic E-state index is 0.149. The molecule has 0 saturated carbocycles. The van der Waals surface area contributed by atoms with Crippen LogP contribution in [0.2, 0.25) is 10.0 Å². The van der Waals surface area contributed by atoms with Crippen LogP contribution in [0.15, 0.2) is 54.7 Å². The largest absolute Gasteiger partial charge is 0.332 e. The molecule has 0 bridgehead atoms. The predicted molar refractivity (Wildman–Crippen MR) is 104 cm³/mol. The van der Waals surface area contributed by atoms with Crippen LogP contribution in [0.4, 0.5) is 5.69 Å². The van der Waals surface area contributed by atoms with Crippen molar-refractivity contribution in [2.45, 2.75) is 0 Å².